The van der Waals surface area contributed by atoms with Crippen LogP contribution < -0.4 is 20.5 Å². The number of halogens is 1. The first-order valence-corrected chi connectivity index (χ1v) is 10.4. The average molecular weight is 463 g/mol. The lowest BCUT2D eigenvalue weighted by Gasteiger charge is -2.18. The lowest BCUT2D eigenvalue weighted by molar-refractivity contribution is 0.0697. The van der Waals surface area contributed by atoms with Gasteiger partial charge >= 0.3 is 5.97 Å². The summed E-state index contributed by atoms with van der Waals surface area (Å²) in [5.74, 6) is 4.88. The van der Waals surface area contributed by atoms with E-state index in [9.17, 15) is 14.3 Å². The van der Waals surface area contributed by atoms with Crippen molar-refractivity contribution in [2.24, 2.45) is 5.84 Å². The second kappa shape index (κ2) is 9.74. The molecular weight excluding hydrogens is 441 g/mol. The first-order valence-electron chi connectivity index (χ1n) is 10.4. The zero-order chi connectivity index (χ0) is 24.2. The van der Waals surface area contributed by atoms with E-state index in [1.165, 1.54) is 23.2 Å². The molecule has 0 aliphatic carbocycles. The molecule has 2 heterocycles. The molecule has 0 saturated carbocycles. The molecule has 1 aliphatic rings. The number of nitrogens with two attached hydrogens (primary N) is 1. The van der Waals surface area contributed by atoms with Crippen molar-refractivity contribution in [2.45, 2.75) is 6.61 Å². The zero-order valence-corrected chi connectivity index (χ0v) is 18.4. The van der Waals surface area contributed by atoms with Crippen LogP contribution in [0, 0.1) is 17.1 Å². The van der Waals surface area contributed by atoms with Crippen molar-refractivity contribution in [3.8, 4) is 23.2 Å². The van der Waals surface area contributed by atoms with Crippen LogP contribution in [0.4, 0.5) is 15.8 Å². The highest BCUT2D eigenvalue weighted by molar-refractivity contribution is 5.98. The van der Waals surface area contributed by atoms with Crippen LogP contribution >= 0.6 is 0 Å². The standard InChI is InChI=1S/C24H22FN5O4/c1-33-8-7-29-14-30(27)23-18(10-17(24(31)32)11-21(23)29)20-3-2-4-22(28-20)34-13-16-6-5-15(12-26)9-19(16)25/h2-6,9-11H,7-8,13-14,27H2,1H3,(H,31,32). The van der Waals surface area contributed by atoms with E-state index >= 15 is 0 Å². The molecule has 4 rings (SSSR count). The van der Waals surface area contributed by atoms with Crippen LogP contribution in [0.2, 0.25) is 0 Å². The third-order valence-corrected chi connectivity index (χ3v) is 5.41. The SMILES string of the molecule is COCCN1CN(N)c2c(-c3cccc(OCc4ccc(C#N)cc4F)n3)cc(C(=O)O)cc21. The van der Waals surface area contributed by atoms with Crippen LogP contribution in [0.5, 0.6) is 5.88 Å². The van der Waals surface area contributed by atoms with E-state index in [0.717, 1.165) is 6.07 Å². The van der Waals surface area contributed by atoms with E-state index in [0.29, 0.717) is 42.5 Å². The number of pyridine rings is 1. The minimum atomic E-state index is -1.07. The Kier molecular flexibility index (Phi) is 6.58. The molecule has 9 nitrogen and oxygen atoms in total. The van der Waals surface area contributed by atoms with Gasteiger partial charge in [-0.1, -0.05) is 12.1 Å². The minimum Gasteiger partial charge on any atom is -0.478 e. The Bertz CT molecular complexity index is 1280. The van der Waals surface area contributed by atoms with Gasteiger partial charge < -0.3 is 19.5 Å². The van der Waals surface area contributed by atoms with Crippen molar-refractivity contribution in [1.29, 1.82) is 5.26 Å². The summed E-state index contributed by atoms with van der Waals surface area (Å²) in [7, 11) is 1.59. The number of fused-ring (bicyclic) bond motifs is 1. The lowest BCUT2D eigenvalue weighted by Crippen LogP contribution is -2.37. The lowest BCUT2D eigenvalue weighted by atomic mass is 10.0. The Morgan fingerprint density at radius 3 is 2.82 bits per heavy atom. The molecule has 3 aromatic rings. The molecule has 0 unspecified atom stereocenters. The number of nitriles is 1. The second-order valence-corrected chi connectivity index (χ2v) is 7.63. The number of methoxy groups -OCH3 is 1. The minimum absolute atomic E-state index is 0.0882. The van der Waals surface area contributed by atoms with Gasteiger partial charge in [0.15, 0.2) is 0 Å². The number of nitrogens with zero attached hydrogens (tertiary/aromatic N) is 4. The van der Waals surface area contributed by atoms with Gasteiger partial charge in [-0.05, 0) is 30.3 Å². The maximum absolute atomic E-state index is 14.2. The number of aromatic nitrogens is 1. The van der Waals surface area contributed by atoms with Gasteiger partial charge in [-0.2, -0.15) is 5.26 Å². The maximum Gasteiger partial charge on any atom is 0.335 e. The number of carboxylic acid groups (broad SMARTS) is 1. The van der Waals surface area contributed by atoms with Crippen molar-refractivity contribution in [1.82, 2.24) is 4.98 Å². The zero-order valence-electron chi connectivity index (χ0n) is 18.4. The maximum atomic E-state index is 14.2. The summed E-state index contributed by atoms with van der Waals surface area (Å²) in [5, 5.41) is 20.1. The van der Waals surface area contributed by atoms with Gasteiger partial charge in [0.05, 0.1) is 40.9 Å². The number of ether oxygens (including phenoxy) is 2. The molecule has 0 saturated heterocycles. The molecule has 2 aromatic carbocycles. The molecule has 34 heavy (non-hydrogen) atoms. The van der Waals surface area contributed by atoms with Gasteiger partial charge in [-0.3, -0.25) is 5.01 Å². The quantitative estimate of drug-likeness (QED) is 0.485. The van der Waals surface area contributed by atoms with Crippen LogP contribution in [0.1, 0.15) is 21.5 Å². The van der Waals surface area contributed by atoms with Crippen LogP contribution in [0.3, 0.4) is 0 Å². The Morgan fingerprint density at radius 2 is 2.12 bits per heavy atom. The van der Waals surface area contributed by atoms with E-state index in [-0.39, 0.29) is 29.2 Å². The number of aromatic carboxylic acids is 1. The van der Waals surface area contributed by atoms with Gasteiger partial charge in [0.2, 0.25) is 5.88 Å². The van der Waals surface area contributed by atoms with Crippen LogP contribution in [0.15, 0.2) is 48.5 Å². The molecule has 0 fully saturated rings. The highest BCUT2D eigenvalue weighted by Gasteiger charge is 2.29. The topological polar surface area (TPSA) is 125 Å². The number of rotatable bonds is 8. The van der Waals surface area contributed by atoms with Gasteiger partial charge in [-0.15, -0.1) is 0 Å². The molecule has 0 spiro atoms. The first kappa shape index (κ1) is 23.0. The summed E-state index contributed by atoms with van der Waals surface area (Å²) in [6.45, 7) is 1.26. The van der Waals surface area contributed by atoms with Gasteiger partial charge in [-0.25, -0.2) is 20.0 Å². The van der Waals surface area contributed by atoms with E-state index < -0.39 is 11.8 Å². The third-order valence-electron chi connectivity index (χ3n) is 5.41. The van der Waals surface area contributed by atoms with Gasteiger partial charge in [0, 0.05) is 30.8 Å². The molecule has 0 atom stereocenters. The highest BCUT2D eigenvalue weighted by atomic mass is 19.1. The van der Waals surface area contributed by atoms with Crippen LogP contribution in [0.25, 0.3) is 11.3 Å². The van der Waals surface area contributed by atoms with Crippen molar-refractivity contribution in [3.05, 3.63) is 71.0 Å². The normalized spacial score (nSPS) is 12.4. The summed E-state index contributed by atoms with van der Waals surface area (Å²) in [4.78, 5) is 18.2. The van der Waals surface area contributed by atoms with E-state index in [2.05, 4.69) is 4.98 Å². The van der Waals surface area contributed by atoms with Crippen molar-refractivity contribution in [2.75, 3.05) is 36.8 Å². The number of carbonyl (C=O) groups is 1. The Balaban J connectivity index is 1.67. The van der Waals surface area contributed by atoms with E-state index in [1.54, 1.807) is 31.4 Å². The molecule has 0 amide bonds. The summed E-state index contributed by atoms with van der Waals surface area (Å²) < 4.78 is 25.0. The number of carboxylic acids is 1. The molecule has 0 bridgehead atoms. The largest absolute Gasteiger partial charge is 0.478 e. The summed E-state index contributed by atoms with van der Waals surface area (Å²) in [6.07, 6.45) is 0. The van der Waals surface area contributed by atoms with Crippen LogP contribution in [-0.2, 0) is 11.3 Å². The smallest absolute Gasteiger partial charge is 0.335 e. The fourth-order valence-electron chi connectivity index (χ4n) is 3.74. The predicted octanol–water partition coefficient (Wildman–Crippen LogP) is 3.14. The number of hydrogen-bond donors (Lipinski definition) is 2. The van der Waals surface area contributed by atoms with Crippen molar-refractivity contribution >= 4 is 17.3 Å². The molecule has 174 valence electrons. The van der Waals surface area contributed by atoms with Crippen molar-refractivity contribution in [3.63, 3.8) is 0 Å². The molecule has 1 aromatic heterocycles. The predicted molar refractivity (Wildman–Crippen MR) is 123 cm³/mol. The first-order chi connectivity index (χ1) is 16.4. The Morgan fingerprint density at radius 1 is 1.29 bits per heavy atom. The second-order valence-electron chi connectivity index (χ2n) is 7.63. The Labute approximate surface area is 195 Å². The average Bonchev–Trinajstić information content (AvgIpc) is 3.16. The summed E-state index contributed by atoms with van der Waals surface area (Å²) >= 11 is 0. The fourth-order valence-corrected chi connectivity index (χ4v) is 3.74. The number of anilines is 2. The molecule has 10 heteroatoms. The monoisotopic (exact) mass is 463 g/mol. The number of benzene rings is 2. The molecule has 0 radical (unpaired) electrons. The summed E-state index contributed by atoms with van der Waals surface area (Å²) in [5.41, 5.74) is 2.90. The molecule has 1 aliphatic heterocycles. The fraction of sp³-hybridized carbons (Fsp3) is 0.208. The summed E-state index contributed by atoms with van der Waals surface area (Å²) in [6, 6.07) is 14.2. The van der Waals surface area contributed by atoms with Crippen LogP contribution in [-0.4, -0.2) is 43.0 Å². The van der Waals surface area contributed by atoms with E-state index in [4.69, 9.17) is 20.6 Å². The highest BCUT2D eigenvalue weighted by Crippen LogP contribution is 2.43. The number of hydrogen-bond acceptors (Lipinski definition) is 8. The van der Waals surface area contributed by atoms with Crippen molar-refractivity contribution < 1.29 is 23.8 Å². The van der Waals surface area contributed by atoms with Gasteiger partial charge in [0.25, 0.3) is 0 Å². The molecular formula is C24H22FN5O4. The van der Waals surface area contributed by atoms with Gasteiger partial charge in [0.1, 0.15) is 19.1 Å². The third kappa shape index (κ3) is 4.61. The van der Waals surface area contributed by atoms with E-state index in [1.807, 2.05) is 11.0 Å². The molecule has 3 N–H and O–H groups in total. The number of hydrazine groups is 1. The Hall–Kier alpha value is -4.20.